The Balaban J connectivity index is 1.83. The van der Waals surface area contributed by atoms with E-state index < -0.39 is 5.97 Å². The van der Waals surface area contributed by atoms with Gasteiger partial charge in [-0.05, 0) is 55.3 Å². The second kappa shape index (κ2) is 12.1. The number of nitrogens with two attached hydrogens (primary N) is 1. The number of carboxylic acid groups (broad SMARTS) is 1. The first kappa shape index (κ1) is 27.9. The lowest BCUT2D eigenvalue weighted by Gasteiger charge is -2.19. The van der Waals surface area contributed by atoms with Crippen LogP contribution in [0.25, 0.3) is 33.4 Å². The fourth-order valence-corrected chi connectivity index (χ4v) is 4.72. The first-order chi connectivity index (χ1) is 18.7. The number of rotatable bonds is 10. The summed E-state index contributed by atoms with van der Waals surface area (Å²) < 4.78 is 8.35. The van der Waals surface area contributed by atoms with Gasteiger partial charge in [0.15, 0.2) is 0 Å². The van der Waals surface area contributed by atoms with Gasteiger partial charge >= 0.3 is 5.97 Å². The fraction of sp³-hybridized carbons (Fsp3) is 0.323. The zero-order valence-corrected chi connectivity index (χ0v) is 23.1. The summed E-state index contributed by atoms with van der Waals surface area (Å²) in [6.45, 7) is 1.20. The number of hydrogen-bond acceptors (Lipinski definition) is 5. The van der Waals surface area contributed by atoms with Crippen LogP contribution in [0.3, 0.4) is 0 Å². The predicted octanol–water partition coefficient (Wildman–Crippen LogP) is 4.25. The molecule has 1 amide bonds. The van der Waals surface area contributed by atoms with E-state index in [1.807, 2.05) is 74.1 Å². The van der Waals surface area contributed by atoms with E-state index in [0.29, 0.717) is 35.6 Å². The smallest absolute Gasteiger partial charge is 0.336 e. The van der Waals surface area contributed by atoms with E-state index in [4.69, 9.17) is 10.2 Å². The highest BCUT2D eigenvalue weighted by atomic mass is 16.4. The molecular weight excluding hydrogens is 492 g/mol. The van der Waals surface area contributed by atoms with Crippen molar-refractivity contribution in [1.82, 2.24) is 9.89 Å². The minimum absolute atomic E-state index is 0.0627. The number of carbonyl (C=O) groups is 2. The van der Waals surface area contributed by atoms with Crippen molar-refractivity contribution in [2.45, 2.75) is 25.7 Å². The molecule has 1 heterocycles. The molecule has 2 aromatic rings. The molecule has 0 spiro atoms. The molecule has 0 saturated heterocycles. The molecule has 8 nitrogen and oxygen atoms in total. The van der Waals surface area contributed by atoms with E-state index in [0.717, 1.165) is 53.2 Å². The Morgan fingerprint density at radius 1 is 0.949 bits per heavy atom. The SMILES string of the molecule is CN(C)c1ccc2c(-c3ccc(C(=O)NCCCCCCN)cc3C(=O)O)c3ccc(=[N+](C)C)cc-3oc2c1. The van der Waals surface area contributed by atoms with Crippen molar-refractivity contribution in [3.8, 4) is 22.5 Å². The first-order valence-corrected chi connectivity index (χ1v) is 13.3. The zero-order valence-electron chi connectivity index (χ0n) is 23.1. The topological polar surface area (TPSA) is 112 Å². The summed E-state index contributed by atoms with van der Waals surface area (Å²) in [5.74, 6) is -0.738. The number of aromatic carboxylic acids is 1. The third kappa shape index (κ3) is 6.12. The number of unbranched alkanes of at least 4 members (excludes halogenated alkanes) is 3. The normalized spacial score (nSPS) is 11.1. The van der Waals surface area contributed by atoms with Crippen molar-refractivity contribution < 1.29 is 19.1 Å². The summed E-state index contributed by atoms with van der Waals surface area (Å²) in [6.07, 6.45) is 3.84. The average molecular weight is 530 g/mol. The zero-order chi connectivity index (χ0) is 28.1. The van der Waals surface area contributed by atoms with E-state index in [9.17, 15) is 14.7 Å². The second-order valence-corrected chi connectivity index (χ2v) is 10.2. The Morgan fingerprint density at radius 2 is 1.69 bits per heavy atom. The van der Waals surface area contributed by atoms with Gasteiger partial charge < -0.3 is 25.5 Å². The fourth-order valence-electron chi connectivity index (χ4n) is 4.72. The van der Waals surface area contributed by atoms with Gasteiger partial charge in [-0.25, -0.2) is 9.37 Å². The van der Waals surface area contributed by atoms with Crippen LogP contribution >= 0.6 is 0 Å². The maximum Gasteiger partial charge on any atom is 0.336 e. The lowest BCUT2D eigenvalue weighted by molar-refractivity contribution is 0.0697. The summed E-state index contributed by atoms with van der Waals surface area (Å²) in [4.78, 5) is 27.3. The highest BCUT2D eigenvalue weighted by Crippen LogP contribution is 2.42. The molecule has 8 heteroatoms. The highest BCUT2D eigenvalue weighted by molar-refractivity contribution is 6.09. The van der Waals surface area contributed by atoms with Crippen molar-refractivity contribution >= 4 is 28.5 Å². The van der Waals surface area contributed by atoms with Crippen LogP contribution in [0.1, 0.15) is 46.4 Å². The number of carboxylic acids is 1. The molecule has 0 unspecified atom stereocenters. The van der Waals surface area contributed by atoms with E-state index in [-0.39, 0.29) is 11.5 Å². The number of nitrogens with one attached hydrogen (secondary N) is 1. The Bertz CT molecular complexity index is 1550. The van der Waals surface area contributed by atoms with E-state index in [1.54, 1.807) is 12.1 Å². The van der Waals surface area contributed by atoms with E-state index in [1.165, 1.54) is 6.07 Å². The molecule has 0 fully saturated rings. The lowest BCUT2D eigenvalue weighted by atomic mass is 9.89. The molecule has 4 N–H and O–H groups in total. The van der Waals surface area contributed by atoms with Crippen molar-refractivity contribution in [1.29, 1.82) is 0 Å². The summed E-state index contributed by atoms with van der Waals surface area (Å²) >= 11 is 0. The average Bonchev–Trinajstić information content (AvgIpc) is 2.92. The maximum atomic E-state index is 12.8. The van der Waals surface area contributed by atoms with Gasteiger partial charge in [0.05, 0.1) is 11.6 Å². The summed E-state index contributed by atoms with van der Waals surface area (Å²) in [5, 5.41) is 14.9. The van der Waals surface area contributed by atoms with Gasteiger partial charge in [0.2, 0.25) is 5.36 Å². The number of amides is 1. The van der Waals surface area contributed by atoms with Gasteiger partial charge in [0.1, 0.15) is 25.4 Å². The molecular formula is C31H37N4O4+. The summed E-state index contributed by atoms with van der Waals surface area (Å²) in [7, 11) is 7.83. The van der Waals surface area contributed by atoms with E-state index >= 15 is 0 Å². The number of fused-ring (bicyclic) bond motifs is 2. The van der Waals surface area contributed by atoms with Crippen molar-refractivity contribution in [3.63, 3.8) is 0 Å². The standard InChI is InChI=1S/C31H36N4O4/c1-34(2)21-10-13-24-27(18-21)39-28-19-22(35(3)4)11-14-25(28)29(24)23-12-9-20(17-26(23)31(37)38)30(36)33-16-8-6-5-7-15-32/h9-14,17-19H,5-8,15-16,32H2,1-4H3,(H-,33,36,37,38)/p+1. The lowest BCUT2D eigenvalue weighted by Crippen LogP contribution is -2.24. The largest absolute Gasteiger partial charge is 0.478 e. The molecule has 204 valence electrons. The predicted molar refractivity (Wildman–Crippen MR) is 157 cm³/mol. The monoisotopic (exact) mass is 529 g/mol. The number of carbonyl (C=O) groups excluding carboxylic acids is 1. The van der Waals surface area contributed by atoms with Crippen molar-refractivity contribution in [2.75, 3.05) is 46.2 Å². The van der Waals surface area contributed by atoms with Crippen LogP contribution in [-0.2, 0) is 0 Å². The Labute approximate surface area is 228 Å². The quantitative estimate of drug-likeness (QED) is 0.161. The molecule has 0 bridgehead atoms. The molecule has 0 radical (unpaired) electrons. The van der Waals surface area contributed by atoms with Gasteiger partial charge in [0.25, 0.3) is 5.91 Å². The Morgan fingerprint density at radius 3 is 2.38 bits per heavy atom. The third-order valence-electron chi connectivity index (χ3n) is 6.92. The Kier molecular flexibility index (Phi) is 8.66. The second-order valence-electron chi connectivity index (χ2n) is 10.2. The van der Waals surface area contributed by atoms with Crippen LogP contribution in [-0.4, -0.2) is 58.3 Å². The van der Waals surface area contributed by atoms with Gasteiger partial charge in [-0.15, -0.1) is 0 Å². The number of nitrogens with zero attached hydrogens (tertiary/aromatic N) is 2. The first-order valence-electron chi connectivity index (χ1n) is 13.3. The minimum atomic E-state index is -1.10. The molecule has 4 rings (SSSR count). The van der Waals surface area contributed by atoms with Crippen LogP contribution < -0.4 is 25.9 Å². The number of benzene rings is 3. The van der Waals surface area contributed by atoms with Crippen molar-refractivity contribution in [2.24, 2.45) is 5.73 Å². The summed E-state index contributed by atoms with van der Waals surface area (Å²) in [5.41, 5.74) is 9.60. The van der Waals surface area contributed by atoms with Crippen LogP contribution in [0.5, 0.6) is 0 Å². The van der Waals surface area contributed by atoms with Gasteiger partial charge in [-0.1, -0.05) is 18.9 Å². The molecule has 2 aliphatic rings. The van der Waals surface area contributed by atoms with E-state index in [2.05, 4.69) is 5.32 Å². The Hall–Kier alpha value is -4.17. The molecule has 39 heavy (non-hydrogen) atoms. The molecule has 1 aliphatic carbocycles. The van der Waals surface area contributed by atoms with Gasteiger partial charge in [-0.2, -0.15) is 0 Å². The molecule has 0 saturated carbocycles. The van der Waals surface area contributed by atoms with Crippen molar-refractivity contribution in [3.05, 3.63) is 71.1 Å². The van der Waals surface area contributed by atoms with Crippen LogP contribution in [0.15, 0.2) is 59.0 Å². The molecule has 1 aliphatic heterocycles. The van der Waals surface area contributed by atoms with Crippen LogP contribution in [0.2, 0.25) is 0 Å². The maximum absolute atomic E-state index is 12.8. The minimum Gasteiger partial charge on any atom is -0.478 e. The van der Waals surface area contributed by atoms with Crippen LogP contribution in [0, 0.1) is 0 Å². The molecule has 0 atom stereocenters. The highest BCUT2D eigenvalue weighted by Gasteiger charge is 2.23. The molecule has 0 aromatic heterocycles. The molecule has 2 aromatic carbocycles. The number of anilines is 1. The number of hydrogen-bond donors (Lipinski definition) is 3. The van der Waals surface area contributed by atoms with Crippen LogP contribution in [0.4, 0.5) is 5.69 Å². The summed E-state index contributed by atoms with van der Waals surface area (Å²) in [6, 6.07) is 16.7. The third-order valence-corrected chi connectivity index (χ3v) is 6.92. The van der Waals surface area contributed by atoms with Gasteiger partial charge in [0, 0.05) is 60.5 Å². The van der Waals surface area contributed by atoms with Gasteiger partial charge in [-0.3, -0.25) is 4.79 Å².